The summed E-state index contributed by atoms with van der Waals surface area (Å²) >= 11 is 0. The van der Waals surface area contributed by atoms with Crippen molar-refractivity contribution in [2.75, 3.05) is 60.7 Å². The number of nitrogens with two attached hydrogens (primary N) is 1. The quantitative estimate of drug-likeness (QED) is 0.660. The number of anilines is 4. The minimum Gasteiger partial charge on any atom is -0.382 e. The Bertz CT molecular complexity index is 913. The van der Waals surface area contributed by atoms with Crippen LogP contribution in [0.15, 0.2) is 61.1 Å². The molecule has 1 aliphatic rings. The Hall–Kier alpha value is -3.68. The highest BCUT2D eigenvalue weighted by atomic mass is 16.1. The highest BCUT2D eigenvalue weighted by Crippen LogP contribution is 2.16. The molecule has 1 aromatic carbocycles. The van der Waals surface area contributed by atoms with Gasteiger partial charge in [0.2, 0.25) is 0 Å². The van der Waals surface area contributed by atoms with Crippen LogP contribution in [0.1, 0.15) is 11.8 Å². The predicted molar refractivity (Wildman–Crippen MR) is 123 cm³/mol. The number of carbonyl (C=O) groups excluding carboxylic acids is 1. The molecule has 0 amide bonds. The minimum absolute atomic E-state index is 0. The van der Waals surface area contributed by atoms with Crippen molar-refractivity contribution in [2.24, 2.45) is 0 Å². The van der Waals surface area contributed by atoms with Gasteiger partial charge in [-0.2, -0.15) is 0 Å². The monoisotopic (exact) mass is 407 g/mol. The van der Waals surface area contributed by atoms with Gasteiger partial charge in [-0.1, -0.05) is 6.07 Å². The zero-order chi connectivity index (χ0) is 21.3. The maximum absolute atomic E-state index is 10.3. The van der Waals surface area contributed by atoms with Crippen LogP contribution in [0.4, 0.5) is 23.1 Å². The van der Waals surface area contributed by atoms with E-state index in [1.807, 2.05) is 67.7 Å². The van der Waals surface area contributed by atoms with E-state index >= 15 is 0 Å². The van der Waals surface area contributed by atoms with Crippen LogP contribution >= 0.6 is 0 Å². The van der Waals surface area contributed by atoms with Crippen molar-refractivity contribution in [3.05, 3.63) is 66.6 Å². The Balaban J connectivity index is 0.000000245. The summed E-state index contributed by atoms with van der Waals surface area (Å²) in [7, 11) is 3.94. The molecule has 8 nitrogen and oxygen atoms in total. The molecular weight excluding hydrogens is 378 g/mol. The van der Waals surface area contributed by atoms with Crippen molar-refractivity contribution in [1.29, 1.82) is 0 Å². The molecule has 8 heteroatoms. The molecule has 0 saturated carbocycles. The number of nitrogen functional groups attached to an aromatic ring is 1. The van der Waals surface area contributed by atoms with Gasteiger partial charge in [-0.25, -0.2) is 15.0 Å². The van der Waals surface area contributed by atoms with Gasteiger partial charge in [0, 0.05) is 59.1 Å². The van der Waals surface area contributed by atoms with Gasteiger partial charge < -0.3 is 20.4 Å². The normalized spacial score (nSPS) is 13.3. The van der Waals surface area contributed by atoms with E-state index < -0.39 is 0 Å². The van der Waals surface area contributed by atoms with Crippen LogP contribution in [0.5, 0.6) is 0 Å². The lowest BCUT2D eigenvalue weighted by atomic mass is 10.2. The molecule has 30 heavy (non-hydrogen) atoms. The first-order valence-corrected chi connectivity index (χ1v) is 9.78. The van der Waals surface area contributed by atoms with Crippen molar-refractivity contribution < 1.29 is 6.22 Å². The van der Waals surface area contributed by atoms with E-state index in [0.29, 0.717) is 5.82 Å². The van der Waals surface area contributed by atoms with E-state index in [-0.39, 0.29) is 1.43 Å². The fourth-order valence-corrected chi connectivity index (χ4v) is 3.05. The van der Waals surface area contributed by atoms with Crippen molar-refractivity contribution in [3.63, 3.8) is 0 Å². The second kappa shape index (κ2) is 10.2. The lowest BCUT2D eigenvalue weighted by Crippen LogP contribution is -2.47. The molecule has 1 fully saturated rings. The van der Waals surface area contributed by atoms with Gasteiger partial charge in [-0.3, -0.25) is 4.79 Å². The molecular formula is C22H29N7O. The number of nitrogens with zero attached hydrogens (tertiary/aromatic N) is 6. The number of benzene rings is 1. The lowest BCUT2D eigenvalue weighted by molar-refractivity contribution is 0.112. The molecule has 0 aliphatic carbocycles. The molecule has 3 heterocycles. The molecule has 0 unspecified atom stereocenters. The summed E-state index contributed by atoms with van der Waals surface area (Å²) in [6.45, 7) is 3.69. The van der Waals surface area contributed by atoms with Gasteiger partial charge in [0.25, 0.3) is 0 Å². The van der Waals surface area contributed by atoms with Crippen LogP contribution in [0.25, 0.3) is 0 Å². The molecule has 3 aromatic rings. The smallest absolute Gasteiger partial charge is 0.150 e. The highest BCUT2D eigenvalue weighted by Gasteiger charge is 2.18. The third kappa shape index (κ3) is 5.66. The lowest BCUT2D eigenvalue weighted by Gasteiger charge is -2.35. The Morgan fingerprint density at radius 3 is 2.07 bits per heavy atom. The summed E-state index contributed by atoms with van der Waals surface area (Å²) in [6, 6.07) is 13.4. The van der Waals surface area contributed by atoms with Gasteiger partial charge in [0.05, 0.1) is 12.4 Å². The summed E-state index contributed by atoms with van der Waals surface area (Å²) in [4.78, 5) is 29.5. The number of carbonyl (C=O) groups is 1. The fraction of sp³-hybridized carbons (Fsp3) is 0.273. The van der Waals surface area contributed by atoms with E-state index in [2.05, 4.69) is 24.8 Å². The average molecular weight is 408 g/mol. The molecule has 0 bridgehead atoms. The highest BCUT2D eigenvalue weighted by molar-refractivity contribution is 5.75. The van der Waals surface area contributed by atoms with Crippen molar-refractivity contribution in [3.8, 4) is 0 Å². The second-order valence-corrected chi connectivity index (χ2v) is 7.07. The standard InChI is InChI=1S/C13H16N6.C9H11NO.H2/c14-11-9-17-13(10-16-11)19-7-5-18(6-8-19)12-3-1-2-4-15-12;1-10(2)9-5-3-8(7-11)4-6-9;/h1-4,9-10H,5-8H2,(H2,14,16);3-7H,1-2H3;1H. The van der Waals surface area contributed by atoms with Crippen molar-refractivity contribution >= 4 is 29.4 Å². The second-order valence-electron chi connectivity index (χ2n) is 7.07. The fourth-order valence-electron chi connectivity index (χ4n) is 3.05. The number of hydrogen-bond acceptors (Lipinski definition) is 8. The van der Waals surface area contributed by atoms with Gasteiger partial charge in [-0.05, 0) is 36.4 Å². The number of aldehydes is 1. The average Bonchev–Trinajstić information content (AvgIpc) is 2.81. The summed E-state index contributed by atoms with van der Waals surface area (Å²) in [5, 5.41) is 0. The van der Waals surface area contributed by atoms with Gasteiger partial charge in [-0.15, -0.1) is 0 Å². The summed E-state index contributed by atoms with van der Waals surface area (Å²) in [6.07, 6.45) is 6.00. The summed E-state index contributed by atoms with van der Waals surface area (Å²) < 4.78 is 0. The summed E-state index contributed by atoms with van der Waals surface area (Å²) in [5.74, 6) is 2.37. The predicted octanol–water partition coefficient (Wildman–Crippen LogP) is 2.59. The minimum atomic E-state index is 0. The summed E-state index contributed by atoms with van der Waals surface area (Å²) in [5.41, 5.74) is 7.37. The number of aromatic nitrogens is 3. The van der Waals surface area contributed by atoms with E-state index in [1.165, 1.54) is 0 Å². The first kappa shape index (κ1) is 21.0. The van der Waals surface area contributed by atoms with Gasteiger partial charge in [0.1, 0.15) is 23.7 Å². The van der Waals surface area contributed by atoms with E-state index in [4.69, 9.17) is 5.73 Å². The molecule has 2 aromatic heterocycles. The van der Waals surface area contributed by atoms with Gasteiger partial charge in [0.15, 0.2) is 0 Å². The van der Waals surface area contributed by atoms with Crippen molar-refractivity contribution in [2.45, 2.75) is 0 Å². The Kier molecular flexibility index (Phi) is 7.15. The third-order valence-corrected chi connectivity index (χ3v) is 4.78. The number of rotatable bonds is 4. The van der Waals surface area contributed by atoms with E-state index in [0.717, 1.165) is 55.4 Å². The first-order chi connectivity index (χ1) is 14.6. The molecule has 0 atom stereocenters. The Labute approximate surface area is 178 Å². The van der Waals surface area contributed by atoms with Crippen LogP contribution in [0, 0.1) is 0 Å². The number of piperazine rings is 1. The SMILES string of the molecule is CN(C)c1ccc(C=O)cc1.Nc1cnc(N2CCN(c3ccccn3)CC2)cn1.[HH]. The zero-order valence-corrected chi connectivity index (χ0v) is 17.3. The third-order valence-electron chi connectivity index (χ3n) is 4.78. The number of hydrogen-bond donors (Lipinski definition) is 1. The Morgan fingerprint density at radius 1 is 0.900 bits per heavy atom. The molecule has 1 saturated heterocycles. The van der Waals surface area contributed by atoms with Crippen LogP contribution in [-0.2, 0) is 0 Å². The van der Waals surface area contributed by atoms with E-state index in [1.54, 1.807) is 12.4 Å². The van der Waals surface area contributed by atoms with Crippen LogP contribution in [-0.4, -0.2) is 61.5 Å². The largest absolute Gasteiger partial charge is 0.382 e. The Morgan fingerprint density at radius 2 is 1.57 bits per heavy atom. The van der Waals surface area contributed by atoms with Crippen molar-refractivity contribution in [1.82, 2.24) is 15.0 Å². The molecule has 1 aliphatic heterocycles. The van der Waals surface area contributed by atoms with Crippen LogP contribution in [0.3, 0.4) is 0 Å². The van der Waals surface area contributed by atoms with Gasteiger partial charge >= 0.3 is 0 Å². The number of pyridine rings is 1. The zero-order valence-electron chi connectivity index (χ0n) is 17.3. The van der Waals surface area contributed by atoms with Crippen LogP contribution < -0.4 is 20.4 Å². The molecule has 0 spiro atoms. The topological polar surface area (TPSA) is 91.5 Å². The van der Waals surface area contributed by atoms with E-state index in [9.17, 15) is 4.79 Å². The molecule has 4 rings (SSSR count). The van der Waals surface area contributed by atoms with Crippen LogP contribution in [0.2, 0.25) is 0 Å². The molecule has 158 valence electrons. The first-order valence-electron chi connectivity index (χ1n) is 9.78. The molecule has 0 radical (unpaired) electrons. The maximum Gasteiger partial charge on any atom is 0.150 e. The molecule has 2 N–H and O–H groups in total. The maximum atomic E-state index is 10.3.